The van der Waals surface area contributed by atoms with Crippen molar-refractivity contribution >= 4 is 29.4 Å². The molecular formula is C15H36O6SSi2. The molecule has 0 aromatic carbocycles. The van der Waals surface area contributed by atoms with Crippen LogP contribution in [0.1, 0.15) is 33.6 Å². The second kappa shape index (κ2) is 14.7. The lowest BCUT2D eigenvalue weighted by atomic mass is 10.6. The molecule has 146 valence electrons. The van der Waals surface area contributed by atoms with Crippen LogP contribution in [-0.4, -0.2) is 70.3 Å². The monoisotopic (exact) mass is 400 g/mol. The predicted octanol–water partition coefficient (Wildman–Crippen LogP) is 3.43. The molecule has 0 N–H and O–H groups in total. The summed E-state index contributed by atoms with van der Waals surface area (Å²) in [6.07, 6.45) is 2.07. The standard InChI is InChI=1S/C15H36O6SSi2/c1-7-19-24(20-8-2,21-9-3)15-11-13-22-12-10-14-23(16-4,17-5)18-6/h7-15H2,1-6H3. The molecule has 0 atom stereocenters. The van der Waals surface area contributed by atoms with Crippen LogP contribution in [0.5, 0.6) is 0 Å². The fourth-order valence-corrected chi connectivity index (χ4v) is 8.19. The largest absolute Gasteiger partial charge is 0.500 e. The maximum atomic E-state index is 5.87. The van der Waals surface area contributed by atoms with Crippen molar-refractivity contribution in [3.05, 3.63) is 0 Å². The zero-order valence-electron chi connectivity index (χ0n) is 16.2. The van der Waals surface area contributed by atoms with Gasteiger partial charge >= 0.3 is 17.6 Å². The van der Waals surface area contributed by atoms with E-state index in [9.17, 15) is 0 Å². The zero-order valence-corrected chi connectivity index (χ0v) is 19.0. The maximum Gasteiger partial charge on any atom is 0.500 e. The molecule has 6 nitrogen and oxygen atoms in total. The lowest BCUT2D eigenvalue weighted by Crippen LogP contribution is -2.46. The summed E-state index contributed by atoms with van der Waals surface area (Å²) in [7, 11) is 0.0833. The molecule has 0 aliphatic rings. The molecule has 0 radical (unpaired) electrons. The molecule has 0 spiro atoms. The minimum Gasteiger partial charge on any atom is -0.377 e. The van der Waals surface area contributed by atoms with Gasteiger partial charge < -0.3 is 26.6 Å². The van der Waals surface area contributed by atoms with Crippen LogP contribution in [0.2, 0.25) is 12.1 Å². The molecule has 0 saturated heterocycles. The van der Waals surface area contributed by atoms with Gasteiger partial charge in [0.15, 0.2) is 0 Å². The van der Waals surface area contributed by atoms with Gasteiger partial charge in [0.25, 0.3) is 0 Å². The van der Waals surface area contributed by atoms with Crippen molar-refractivity contribution in [2.24, 2.45) is 0 Å². The zero-order chi connectivity index (χ0) is 18.3. The fourth-order valence-electron chi connectivity index (χ4n) is 2.44. The van der Waals surface area contributed by atoms with E-state index < -0.39 is 17.6 Å². The molecule has 0 aliphatic carbocycles. The van der Waals surface area contributed by atoms with Crippen LogP contribution >= 0.6 is 11.8 Å². The van der Waals surface area contributed by atoms with E-state index in [0.717, 1.165) is 36.4 Å². The lowest BCUT2D eigenvalue weighted by molar-refractivity contribution is 0.0712. The summed E-state index contributed by atoms with van der Waals surface area (Å²) in [5.74, 6) is 2.14. The van der Waals surface area contributed by atoms with E-state index in [1.54, 1.807) is 21.3 Å². The molecule has 0 rings (SSSR count). The summed E-state index contributed by atoms with van der Waals surface area (Å²) in [6.45, 7) is 7.88. The van der Waals surface area contributed by atoms with Gasteiger partial charge in [0.05, 0.1) is 0 Å². The number of thioether (sulfide) groups is 1. The summed E-state index contributed by atoms with van der Waals surface area (Å²) in [5, 5.41) is 0. The summed E-state index contributed by atoms with van der Waals surface area (Å²) in [6, 6.07) is 1.72. The minimum atomic E-state index is -2.48. The number of hydrogen-bond donors (Lipinski definition) is 0. The highest BCUT2D eigenvalue weighted by molar-refractivity contribution is 7.99. The van der Waals surface area contributed by atoms with Gasteiger partial charge in [-0.05, 0) is 45.1 Å². The SMILES string of the molecule is CCO[Si](CCCSCCC[Si](OC)(OC)OC)(OCC)OCC. The van der Waals surface area contributed by atoms with Gasteiger partial charge in [-0.3, -0.25) is 0 Å². The van der Waals surface area contributed by atoms with E-state index in [1.807, 2.05) is 32.5 Å². The Morgan fingerprint density at radius 1 is 0.625 bits per heavy atom. The quantitative estimate of drug-likeness (QED) is 0.274. The average molecular weight is 401 g/mol. The third kappa shape index (κ3) is 9.30. The Hall–Kier alpha value is 0.544. The van der Waals surface area contributed by atoms with Crippen LogP contribution in [0.4, 0.5) is 0 Å². The van der Waals surface area contributed by atoms with E-state index in [0.29, 0.717) is 19.8 Å². The Balaban J connectivity index is 4.04. The Kier molecular flexibility index (Phi) is 15.0. The van der Waals surface area contributed by atoms with Crippen molar-refractivity contribution < 1.29 is 26.6 Å². The van der Waals surface area contributed by atoms with Crippen molar-refractivity contribution in [1.82, 2.24) is 0 Å². The van der Waals surface area contributed by atoms with Crippen LogP contribution < -0.4 is 0 Å². The van der Waals surface area contributed by atoms with E-state index in [2.05, 4.69) is 0 Å². The fraction of sp³-hybridized carbons (Fsp3) is 1.00. The van der Waals surface area contributed by atoms with E-state index in [1.165, 1.54) is 0 Å². The molecule has 0 saturated carbocycles. The molecule has 0 aromatic heterocycles. The topological polar surface area (TPSA) is 55.4 Å². The summed E-state index contributed by atoms with van der Waals surface area (Å²) < 4.78 is 33.9. The maximum absolute atomic E-state index is 5.87. The third-order valence-corrected chi connectivity index (χ3v) is 10.7. The van der Waals surface area contributed by atoms with Gasteiger partial charge in [0.1, 0.15) is 0 Å². The Bertz CT molecular complexity index is 270. The van der Waals surface area contributed by atoms with Gasteiger partial charge in [0.2, 0.25) is 0 Å². The second-order valence-electron chi connectivity index (χ2n) is 5.10. The van der Waals surface area contributed by atoms with E-state index in [-0.39, 0.29) is 0 Å². The normalized spacial score (nSPS) is 12.8. The van der Waals surface area contributed by atoms with Crippen LogP contribution in [0, 0.1) is 0 Å². The van der Waals surface area contributed by atoms with Gasteiger partial charge in [-0.25, -0.2) is 0 Å². The highest BCUT2D eigenvalue weighted by Crippen LogP contribution is 2.21. The first-order valence-electron chi connectivity index (χ1n) is 8.72. The average Bonchev–Trinajstić information content (AvgIpc) is 2.59. The van der Waals surface area contributed by atoms with Crippen molar-refractivity contribution in [2.45, 2.75) is 45.7 Å². The molecule has 0 unspecified atom stereocenters. The molecule has 0 fully saturated rings. The minimum absolute atomic E-state index is 0.636. The molecule has 0 heterocycles. The summed E-state index contributed by atoms with van der Waals surface area (Å²) in [4.78, 5) is 0. The first-order valence-corrected chi connectivity index (χ1v) is 13.7. The van der Waals surface area contributed by atoms with Gasteiger partial charge in [-0.1, -0.05) is 0 Å². The first kappa shape index (κ1) is 24.5. The van der Waals surface area contributed by atoms with Crippen LogP contribution in [-0.2, 0) is 26.6 Å². The van der Waals surface area contributed by atoms with Crippen molar-refractivity contribution in [3.63, 3.8) is 0 Å². The van der Waals surface area contributed by atoms with Crippen LogP contribution in [0.15, 0.2) is 0 Å². The first-order chi connectivity index (χ1) is 11.6. The lowest BCUT2D eigenvalue weighted by Gasteiger charge is -2.28. The molecule has 0 aliphatic heterocycles. The molecule has 0 bridgehead atoms. The highest BCUT2D eigenvalue weighted by Gasteiger charge is 2.39. The molecule has 9 heteroatoms. The van der Waals surface area contributed by atoms with Crippen molar-refractivity contribution in [3.8, 4) is 0 Å². The number of rotatable bonds is 17. The number of hydrogen-bond acceptors (Lipinski definition) is 7. The Morgan fingerprint density at radius 3 is 1.33 bits per heavy atom. The second-order valence-corrected chi connectivity index (χ2v) is 12.1. The van der Waals surface area contributed by atoms with E-state index >= 15 is 0 Å². The van der Waals surface area contributed by atoms with E-state index in [4.69, 9.17) is 26.6 Å². The summed E-state index contributed by atoms with van der Waals surface area (Å²) in [5.41, 5.74) is 0. The molecule has 24 heavy (non-hydrogen) atoms. The summed E-state index contributed by atoms with van der Waals surface area (Å²) >= 11 is 1.93. The van der Waals surface area contributed by atoms with Crippen LogP contribution in [0.25, 0.3) is 0 Å². The van der Waals surface area contributed by atoms with Gasteiger partial charge in [-0.2, -0.15) is 11.8 Å². The third-order valence-electron chi connectivity index (χ3n) is 3.57. The molecule has 0 aromatic rings. The van der Waals surface area contributed by atoms with Crippen molar-refractivity contribution in [2.75, 3.05) is 52.7 Å². The molecular weight excluding hydrogens is 364 g/mol. The Labute approximate surface area is 154 Å². The van der Waals surface area contributed by atoms with Crippen molar-refractivity contribution in [1.29, 1.82) is 0 Å². The Morgan fingerprint density at radius 2 is 1.00 bits per heavy atom. The van der Waals surface area contributed by atoms with Crippen LogP contribution in [0.3, 0.4) is 0 Å². The van der Waals surface area contributed by atoms with Gasteiger partial charge in [-0.15, -0.1) is 0 Å². The van der Waals surface area contributed by atoms with Gasteiger partial charge in [0, 0.05) is 53.2 Å². The predicted molar refractivity (Wildman–Crippen MR) is 104 cm³/mol. The molecule has 0 amide bonds. The highest BCUT2D eigenvalue weighted by atomic mass is 32.2. The smallest absolute Gasteiger partial charge is 0.377 e.